The van der Waals surface area contributed by atoms with Gasteiger partial charge in [-0.2, -0.15) is 0 Å². The summed E-state index contributed by atoms with van der Waals surface area (Å²) in [6.07, 6.45) is 2.44. The highest BCUT2D eigenvalue weighted by Gasteiger charge is 2.22. The van der Waals surface area contributed by atoms with Crippen LogP contribution in [0.15, 0.2) is 6.07 Å². The molecule has 1 aromatic rings. The van der Waals surface area contributed by atoms with Crippen LogP contribution in [-0.4, -0.2) is 13.7 Å². The summed E-state index contributed by atoms with van der Waals surface area (Å²) in [6, 6.07) is 2.49. The first-order chi connectivity index (χ1) is 7.65. The van der Waals surface area contributed by atoms with Gasteiger partial charge in [0, 0.05) is 6.04 Å². The molecule has 1 aliphatic rings. The van der Waals surface area contributed by atoms with E-state index in [1.165, 1.54) is 24.0 Å². The van der Waals surface area contributed by atoms with Crippen molar-refractivity contribution in [1.82, 2.24) is 5.32 Å². The molecule has 3 heteroatoms. The van der Waals surface area contributed by atoms with Crippen LogP contribution in [0.5, 0.6) is 5.75 Å². The summed E-state index contributed by atoms with van der Waals surface area (Å²) in [5.41, 5.74) is 3.76. The average molecular weight is 240 g/mol. The summed E-state index contributed by atoms with van der Waals surface area (Å²) < 4.78 is 5.27. The summed E-state index contributed by atoms with van der Waals surface area (Å²) in [7, 11) is 1.66. The number of ether oxygens (including phenoxy) is 1. The molecule has 0 bridgehead atoms. The van der Waals surface area contributed by atoms with E-state index in [0.29, 0.717) is 6.04 Å². The quantitative estimate of drug-likeness (QED) is 0.854. The molecule has 0 radical (unpaired) electrons. The lowest BCUT2D eigenvalue weighted by Crippen LogP contribution is -2.15. The van der Waals surface area contributed by atoms with Crippen molar-refractivity contribution < 1.29 is 4.74 Å². The normalized spacial score (nSPS) is 20.1. The lowest BCUT2D eigenvalue weighted by molar-refractivity contribution is 0.414. The van der Waals surface area contributed by atoms with Crippen LogP contribution in [0.2, 0.25) is 5.02 Å². The van der Waals surface area contributed by atoms with E-state index in [1.807, 2.05) is 6.07 Å². The molecule has 1 heterocycles. The molecule has 1 fully saturated rings. The molecule has 1 aliphatic heterocycles. The van der Waals surface area contributed by atoms with Crippen LogP contribution in [0.25, 0.3) is 0 Å². The molecule has 1 N–H and O–H groups in total. The van der Waals surface area contributed by atoms with Crippen molar-refractivity contribution >= 4 is 11.6 Å². The van der Waals surface area contributed by atoms with Crippen LogP contribution < -0.4 is 10.1 Å². The molecule has 1 unspecified atom stereocenters. The standard InChI is InChI=1S/C13H18ClNO/c1-8-7-11(16-3)13(14)9(2)12(8)10-5-4-6-15-10/h7,10,15H,4-6H2,1-3H3. The predicted octanol–water partition coefficient (Wildman–Crippen LogP) is 3.39. The Bertz CT molecular complexity index is 397. The van der Waals surface area contributed by atoms with Gasteiger partial charge in [0.05, 0.1) is 12.1 Å². The Hall–Kier alpha value is -0.730. The number of methoxy groups -OCH3 is 1. The summed E-state index contributed by atoms with van der Waals surface area (Å²) in [6.45, 7) is 5.31. The van der Waals surface area contributed by atoms with Crippen LogP contribution in [0.3, 0.4) is 0 Å². The maximum absolute atomic E-state index is 6.30. The average Bonchev–Trinajstić information content (AvgIpc) is 2.77. The zero-order valence-corrected chi connectivity index (χ0v) is 10.8. The highest BCUT2D eigenvalue weighted by atomic mass is 35.5. The van der Waals surface area contributed by atoms with Crippen molar-refractivity contribution in [3.8, 4) is 5.75 Å². The minimum absolute atomic E-state index is 0.461. The predicted molar refractivity (Wildman–Crippen MR) is 67.5 cm³/mol. The minimum Gasteiger partial charge on any atom is -0.495 e. The zero-order chi connectivity index (χ0) is 11.7. The second-order valence-electron chi connectivity index (χ2n) is 4.40. The van der Waals surface area contributed by atoms with Gasteiger partial charge in [-0.25, -0.2) is 0 Å². The summed E-state index contributed by atoms with van der Waals surface area (Å²) in [5, 5.41) is 4.27. The largest absolute Gasteiger partial charge is 0.495 e. The monoisotopic (exact) mass is 239 g/mol. The summed E-state index contributed by atoms with van der Waals surface area (Å²) >= 11 is 6.30. The van der Waals surface area contributed by atoms with E-state index in [2.05, 4.69) is 19.2 Å². The smallest absolute Gasteiger partial charge is 0.138 e. The maximum atomic E-state index is 6.30. The Morgan fingerprint density at radius 1 is 1.44 bits per heavy atom. The van der Waals surface area contributed by atoms with Gasteiger partial charge >= 0.3 is 0 Å². The fourth-order valence-corrected chi connectivity index (χ4v) is 2.79. The molecule has 2 nitrogen and oxygen atoms in total. The molecule has 0 amide bonds. The lowest BCUT2D eigenvalue weighted by atomic mass is 9.94. The highest BCUT2D eigenvalue weighted by molar-refractivity contribution is 6.33. The molecule has 0 spiro atoms. The van der Waals surface area contributed by atoms with E-state index in [-0.39, 0.29) is 0 Å². The second kappa shape index (κ2) is 4.64. The molecule has 0 aromatic heterocycles. The van der Waals surface area contributed by atoms with Crippen molar-refractivity contribution in [1.29, 1.82) is 0 Å². The van der Waals surface area contributed by atoms with E-state index in [0.717, 1.165) is 22.9 Å². The van der Waals surface area contributed by atoms with Crippen LogP contribution in [0.1, 0.15) is 35.6 Å². The third kappa shape index (κ3) is 1.92. The van der Waals surface area contributed by atoms with E-state index >= 15 is 0 Å². The highest BCUT2D eigenvalue weighted by Crippen LogP contribution is 2.37. The van der Waals surface area contributed by atoms with Crippen molar-refractivity contribution in [3.63, 3.8) is 0 Å². The Labute approximate surface area is 102 Å². The summed E-state index contributed by atoms with van der Waals surface area (Å²) in [4.78, 5) is 0. The minimum atomic E-state index is 0.461. The summed E-state index contributed by atoms with van der Waals surface area (Å²) in [5.74, 6) is 0.776. The molecule has 1 saturated heterocycles. The Morgan fingerprint density at radius 2 is 2.19 bits per heavy atom. The van der Waals surface area contributed by atoms with Crippen molar-refractivity contribution in [2.75, 3.05) is 13.7 Å². The van der Waals surface area contributed by atoms with Crippen LogP contribution in [0, 0.1) is 13.8 Å². The third-order valence-electron chi connectivity index (χ3n) is 3.35. The van der Waals surface area contributed by atoms with Gasteiger partial charge in [0.2, 0.25) is 0 Å². The number of halogens is 1. The van der Waals surface area contributed by atoms with Crippen LogP contribution in [-0.2, 0) is 0 Å². The number of rotatable bonds is 2. The van der Waals surface area contributed by atoms with Crippen LogP contribution in [0.4, 0.5) is 0 Å². The van der Waals surface area contributed by atoms with Gasteiger partial charge in [-0.15, -0.1) is 0 Å². The topological polar surface area (TPSA) is 21.3 Å². The van der Waals surface area contributed by atoms with E-state index < -0.39 is 0 Å². The van der Waals surface area contributed by atoms with Gasteiger partial charge < -0.3 is 10.1 Å². The molecule has 2 rings (SSSR count). The van der Waals surface area contributed by atoms with Crippen LogP contribution >= 0.6 is 11.6 Å². The maximum Gasteiger partial charge on any atom is 0.138 e. The van der Waals surface area contributed by atoms with E-state index in [4.69, 9.17) is 16.3 Å². The number of hydrogen-bond acceptors (Lipinski definition) is 2. The molecular weight excluding hydrogens is 222 g/mol. The third-order valence-corrected chi connectivity index (χ3v) is 3.82. The Kier molecular flexibility index (Phi) is 3.41. The Morgan fingerprint density at radius 3 is 2.75 bits per heavy atom. The molecule has 0 aliphatic carbocycles. The SMILES string of the molecule is COc1cc(C)c(C2CCCN2)c(C)c1Cl. The van der Waals surface area contributed by atoms with Gasteiger partial charge in [-0.1, -0.05) is 11.6 Å². The van der Waals surface area contributed by atoms with Crippen molar-refractivity contribution in [2.24, 2.45) is 0 Å². The first-order valence-electron chi connectivity index (χ1n) is 5.72. The Balaban J connectivity index is 2.48. The zero-order valence-electron chi connectivity index (χ0n) is 10.1. The van der Waals surface area contributed by atoms with Crippen molar-refractivity contribution in [3.05, 3.63) is 27.8 Å². The van der Waals surface area contributed by atoms with Gasteiger partial charge in [0.25, 0.3) is 0 Å². The van der Waals surface area contributed by atoms with Gasteiger partial charge in [-0.05, 0) is 56.0 Å². The molecular formula is C13H18ClNO. The first-order valence-corrected chi connectivity index (χ1v) is 6.10. The fraction of sp³-hybridized carbons (Fsp3) is 0.538. The molecule has 1 atom stereocenters. The number of nitrogens with one attached hydrogen (secondary N) is 1. The first kappa shape index (κ1) is 11.7. The molecule has 88 valence electrons. The van der Waals surface area contributed by atoms with Gasteiger partial charge in [0.1, 0.15) is 5.75 Å². The van der Waals surface area contributed by atoms with Gasteiger partial charge in [-0.3, -0.25) is 0 Å². The fourth-order valence-electron chi connectivity index (χ4n) is 2.55. The van der Waals surface area contributed by atoms with E-state index in [1.54, 1.807) is 7.11 Å². The van der Waals surface area contributed by atoms with E-state index in [9.17, 15) is 0 Å². The number of hydrogen-bond donors (Lipinski definition) is 1. The van der Waals surface area contributed by atoms with Gasteiger partial charge in [0.15, 0.2) is 0 Å². The second-order valence-corrected chi connectivity index (χ2v) is 4.78. The van der Waals surface area contributed by atoms with Crippen molar-refractivity contribution in [2.45, 2.75) is 32.7 Å². The number of benzene rings is 1. The molecule has 1 aromatic carbocycles. The number of aryl methyl sites for hydroxylation is 1. The lowest BCUT2D eigenvalue weighted by Gasteiger charge is -2.19. The molecule has 0 saturated carbocycles. The molecule has 16 heavy (non-hydrogen) atoms.